The molecule has 0 saturated carbocycles. The number of ether oxygens (including phenoxy) is 2. The summed E-state index contributed by atoms with van der Waals surface area (Å²) in [6, 6.07) is 3.62. The number of aliphatic hydroxyl groups excluding tert-OH is 1. The van der Waals surface area contributed by atoms with E-state index in [0.717, 1.165) is 5.56 Å². The van der Waals surface area contributed by atoms with Gasteiger partial charge in [-0.05, 0) is 24.6 Å². The molecule has 108 valence electrons. The SMILES string of the molecule is Cc1cc(Cl)c(OCCOCCNCCO)c(Cl)c1. The van der Waals surface area contributed by atoms with E-state index < -0.39 is 0 Å². The summed E-state index contributed by atoms with van der Waals surface area (Å²) in [6.07, 6.45) is 0. The fourth-order valence-electron chi connectivity index (χ4n) is 1.48. The predicted molar refractivity (Wildman–Crippen MR) is 77.5 cm³/mol. The van der Waals surface area contributed by atoms with Gasteiger partial charge in [0.15, 0.2) is 5.75 Å². The molecule has 0 fully saturated rings. The average Bonchev–Trinajstić information content (AvgIpc) is 2.35. The Labute approximate surface area is 123 Å². The van der Waals surface area contributed by atoms with Gasteiger partial charge in [0, 0.05) is 13.1 Å². The third-order valence-corrected chi connectivity index (χ3v) is 2.89. The van der Waals surface area contributed by atoms with E-state index in [9.17, 15) is 0 Å². The molecule has 0 aromatic heterocycles. The average molecular weight is 308 g/mol. The zero-order valence-electron chi connectivity index (χ0n) is 10.9. The van der Waals surface area contributed by atoms with Crippen molar-refractivity contribution in [1.82, 2.24) is 5.32 Å². The van der Waals surface area contributed by atoms with Gasteiger partial charge in [0.25, 0.3) is 0 Å². The summed E-state index contributed by atoms with van der Waals surface area (Å²) in [5, 5.41) is 12.6. The van der Waals surface area contributed by atoms with Crippen LogP contribution in [-0.2, 0) is 4.74 Å². The van der Waals surface area contributed by atoms with E-state index in [2.05, 4.69) is 5.32 Å². The molecule has 0 atom stereocenters. The van der Waals surface area contributed by atoms with Gasteiger partial charge in [0.1, 0.15) is 6.61 Å². The molecule has 0 spiro atoms. The molecule has 0 saturated heterocycles. The zero-order valence-corrected chi connectivity index (χ0v) is 12.4. The first-order chi connectivity index (χ1) is 9.15. The Morgan fingerprint density at radius 1 is 1.11 bits per heavy atom. The second-order valence-corrected chi connectivity index (χ2v) is 4.81. The van der Waals surface area contributed by atoms with Crippen molar-refractivity contribution in [3.63, 3.8) is 0 Å². The standard InChI is InChI=1S/C13H19Cl2NO3/c1-10-8-11(14)13(12(15)9-10)19-7-6-18-5-3-16-2-4-17/h8-9,16-17H,2-7H2,1H3. The molecule has 0 amide bonds. The number of nitrogens with one attached hydrogen (secondary N) is 1. The fourth-order valence-corrected chi connectivity index (χ4v) is 2.18. The first-order valence-corrected chi connectivity index (χ1v) is 6.88. The second kappa shape index (κ2) is 9.39. The minimum atomic E-state index is 0.132. The molecule has 6 heteroatoms. The van der Waals surface area contributed by atoms with Crippen molar-refractivity contribution in [2.75, 3.05) is 39.5 Å². The van der Waals surface area contributed by atoms with Gasteiger partial charge in [0.05, 0.1) is 29.9 Å². The number of hydrogen-bond acceptors (Lipinski definition) is 4. The van der Waals surface area contributed by atoms with Crippen molar-refractivity contribution >= 4 is 23.2 Å². The molecule has 1 aromatic rings. The monoisotopic (exact) mass is 307 g/mol. The van der Waals surface area contributed by atoms with Crippen LogP contribution in [-0.4, -0.2) is 44.6 Å². The molecule has 0 aliphatic carbocycles. The number of aryl methyl sites for hydroxylation is 1. The Hall–Kier alpha value is -0.520. The summed E-state index contributed by atoms with van der Waals surface area (Å²) in [5.74, 6) is 0.496. The normalized spacial score (nSPS) is 10.7. The first kappa shape index (κ1) is 16.5. The molecule has 2 N–H and O–H groups in total. The maximum atomic E-state index is 8.56. The highest BCUT2D eigenvalue weighted by Crippen LogP contribution is 2.33. The molecule has 0 radical (unpaired) electrons. The molecular weight excluding hydrogens is 289 g/mol. The van der Waals surface area contributed by atoms with E-state index in [1.807, 2.05) is 19.1 Å². The Morgan fingerprint density at radius 3 is 2.42 bits per heavy atom. The minimum Gasteiger partial charge on any atom is -0.488 e. The molecule has 0 heterocycles. The van der Waals surface area contributed by atoms with Gasteiger partial charge in [-0.2, -0.15) is 0 Å². The van der Waals surface area contributed by atoms with E-state index in [4.69, 9.17) is 37.8 Å². The lowest BCUT2D eigenvalue weighted by molar-refractivity contribution is 0.101. The second-order valence-electron chi connectivity index (χ2n) is 3.99. The van der Waals surface area contributed by atoms with E-state index in [0.29, 0.717) is 48.7 Å². The number of hydrogen-bond donors (Lipinski definition) is 2. The van der Waals surface area contributed by atoms with E-state index in [1.54, 1.807) is 0 Å². The molecule has 1 aromatic carbocycles. The maximum Gasteiger partial charge on any atom is 0.156 e. The summed E-state index contributed by atoms with van der Waals surface area (Å²) >= 11 is 12.1. The van der Waals surface area contributed by atoms with Crippen molar-refractivity contribution in [3.8, 4) is 5.75 Å². The largest absolute Gasteiger partial charge is 0.488 e. The van der Waals surface area contributed by atoms with Crippen LogP contribution in [0, 0.1) is 6.92 Å². The van der Waals surface area contributed by atoms with Crippen molar-refractivity contribution in [2.24, 2.45) is 0 Å². The summed E-state index contributed by atoms with van der Waals surface area (Å²) < 4.78 is 10.9. The molecule has 1 rings (SSSR count). The van der Waals surface area contributed by atoms with Gasteiger partial charge in [-0.3, -0.25) is 0 Å². The van der Waals surface area contributed by atoms with E-state index in [1.165, 1.54) is 0 Å². The fraction of sp³-hybridized carbons (Fsp3) is 0.538. The minimum absolute atomic E-state index is 0.132. The number of halogens is 2. The Kier molecular flexibility index (Phi) is 8.18. The van der Waals surface area contributed by atoms with Crippen LogP contribution in [0.2, 0.25) is 10.0 Å². The third-order valence-electron chi connectivity index (χ3n) is 2.33. The highest BCUT2D eigenvalue weighted by Gasteiger charge is 2.07. The Balaban J connectivity index is 2.19. The Morgan fingerprint density at radius 2 is 1.79 bits per heavy atom. The lowest BCUT2D eigenvalue weighted by atomic mass is 10.2. The van der Waals surface area contributed by atoms with E-state index >= 15 is 0 Å². The van der Waals surface area contributed by atoms with Crippen LogP contribution in [0.3, 0.4) is 0 Å². The van der Waals surface area contributed by atoms with Crippen molar-refractivity contribution in [3.05, 3.63) is 27.7 Å². The smallest absolute Gasteiger partial charge is 0.156 e. The van der Waals surface area contributed by atoms with Gasteiger partial charge >= 0.3 is 0 Å². The quantitative estimate of drug-likeness (QED) is 0.687. The molecule has 0 aliphatic rings. The number of aliphatic hydroxyl groups is 1. The molecule has 19 heavy (non-hydrogen) atoms. The van der Waals surface area contributed by atoms with Crippen LogP contribution in [0.15, 0.2) is 12.1 Å². The van der Waals surface area contributed by atoms with Crippen LogP contribution < -0.4 is 10.1 Å². The topological polar surface area (TPSA) is 50.7 Å². The highest BCUT2D eigenvalue weighted by atomic mass is 35.5. The van der Waals surface area contributed by atoms with Crippen LogP contribution in [0.5, 0.6) is 5.75 Å². The van der Waals surface area contributed by atoms with Gasteiger partial charge < -0.3 is 19.9 Å². The van der Waals surface area contributed by atoms with Gasteiger partial charge in [-0.15, -0.1) is 0 Å². The molecule has 0 aliphatic heterocycles. The first-order valence-electron chi connectivity index (χ1n) is 6.13. The van der Waals surface area contributed by atoms with Gasteiger partial charge in [-0.1, -0.05) is 23.2 Å². The zero-order chi connectivity index (χ0) is 14.1. The van der Waals surface area contributed by atoms with Crippen molar-refractivity contribution < 1.29 is 14.6 Å². The van der Waals surface area contributed by atoms with Gasteiger partial charge in [0.2, 0.25) is 0 Å². The van der Waals surface area contributed by atoms with Crippen molar-refractivity contribution in [1.29, 1.82) is 0 Å². The van der Waals surface area contributed by atoms with E-state index in [-0.39, 0.29) is 6.61 Å². The summed E-state index contributed by atoms with van der Waals surface area (Å²) in [6.45, 7) is 4.75. The third kappa shape index (κ3) is 6.45. The maximum absolute atomic E-state index is 8.56. The summed E-state index contributed by atoms with van der Waals surface area (Å²) in [4.78, 5) is 0. The molecule has 0 bridgehead atoms. The Bertz CT molecular complexity index is 365. The van der Waals surface area contributed by atoms with Crippen LogP contribution in [0.1, 0.15) is 5.56 Å². The highest BCUT2D eigenvalue weighted by molar-refractivity contribution is 6.37. The van der Waals surface area contributed by atoms with Crippen LogP contribution in [0.4, 0.5) is 0 Å². The van der Waals surface area contributed by atoms with Crippen LogP contribution in [0.25, 0.3) is 0 Å². The van der Waals surface area contributed by atoms with Gasteiger partial charge in [-0.25, -0.2) is 0 Å². The lowest BCUT2D eigenvalue weighted by Gasteiger charge is -2.11. The lowest BCUT2D eigenvalue weighted by Crippen LogP contribution is -2.23. The molecule has 4 nitrogen and oxygen atoms in total. The number of rotatable bonds is 9. The van der Waals surface area contributed by atoms with Crippen molar-refractivity contribution in [2.45, 2.75) is 6.92 Å². The summed E-state index contributed by atoms with van der Waals surface area (Å²) in [5.41, 5.74) is 0.994. The number of benzene rings is 1. The predicted octanol–water partition coefficient (Wildman–Crippen LogP) is 2.28. The molecular formula is C13H19Cl2NO3. The summed E-state index contributed by atoms with van der Waals surface area (Å²) in [7, 11) is 0. The molecule has 0 unspecified atom stereocenters. The van der Waals surface area contributed by atoms with Crippen LogP contribution >= 0.6 is 23.2 Å².